The van der Waals surface area contributed by atoms with E-state index in [0.717, 1.165) is 6.07 Å². The fourth-order valence-corrected chi connectivity index (χ4v) is 4.48. The molecule has 0 saturated carbocycles. The van der Waals surface area contributed by atoms with Crippen molar-refractivity contribution in [1.82, 2.24) is 25.0 Å². The molecule has 2 amide bonds. The highest BCUT2D eigenvalue weighted by Gasteiger charge is 2.22. The molecule has 10 N–H and O–H groups in total. The van der Waals surface area contributed by atoms with Crippen LogP contribution in [0.2, 0.25) is 0 Å². The van der Waals surface area contributed by atoms with Gasteiger partial charge < -0.3 is 38.3 Å². The Hall–Kier alpha value is -6.32. The van der Waals surface area contributed by atoms with Gasteiger partial charge in [-0.1, -0.05) is 18.2 Å². The SMILES string of the molecule is Cc1cc(CNC(=O)c2cc(C(=O)NCc3ccc(F)c(Nc4c(N)c(=O)c4=O)c3)n3c(N)nc(N)c3n2)ccc1C(=O)O. The van der Waals surface area contributed by atoms with E-state index in [2.05, 4.69) is 25.9 Å². The van der Waals surface area contributed by atoms with Gasteiger partial charge in [-0.3, -0.25) is 23.6 Å². The van der Waals surface area contributed by atoms with Crippen LogP contribution in [0.25, 0.3) is 5.65 Å². The van der Waals surface area contributed by atoms with Crippen LogP contribution in [0.5, 0.6) is 0 Å². The van der Waals surface area contributed by atoms with E-state index in [0.29, 0.717) is 16.7 Å². The van der Waals surface area contributed by atoms with E-state index < -0.39 is 34.5 Å². The van der Waals surface area contributed by atoms with Gasteiger partial charge in [-0.25, -0.2) is 14.2 Å². The number of amides is 2. The van der Waals surface area contributed by atoms with Crippen molar-refractivity contribution in [3.63, 3.8) is 0 Å². The summed E-state index contributed by atoms with van der Waals surface area (Å²) < 4.78 is 15.5. The van der Waals surface area contributed by atoms with E-state index in [-0.39, 0.29) is 64.5 Å². The first-order valence-electron chi connectivity index (χ1n) is 12.8. The van der Waals surface area contributed by atoms with Crippen LogP contribution < -0.4 is 44.0 Å². The average Bonchev–Trinajstić information content (AvgIpc) is 3.29. The van der Waals surface area contributed by atoms with Gasteiger partial charge in [0.15, 0.2) is 11.5 Å². The molecule has 15 nitrogen and oxygen atoms in total. The van der Waals surface area contributed by atoms with Crippen molar-refractivity contribution in [2.24, 2.45) is 0 Å². The third-order valence-electron chi connectivity index (χ3n) is 6.78. The second-order valence-electron chi connectivity index (χ2n) is 9.75. The molecule has 2 heterocycles. The summed E-state index contributed by atoms with van der Waals surface area (Å²) in [6.45, 7) is 1.54. The van der Waals surface area contributed by atoms with Crippen molar-refractivity contribution in [3.05, 3.63) is 102 Å². The number of carboxylic acid groups (broad SMARTS) is 1. The molecule has 0 aliphatic rings. The molecule has 0 radical (unpaired) electrons. The van der Waals surface area contributed by atoms with Crippen molar-refractivity contribution in [2.75, 3.05) is 22.5 Å². The highest BCUT2D eigenvalue weighted by atomic mass is 19.1. The van der Waals surface area contributed by atoms with Crippen LogP contribution in [-0.4, -0.2) is 37.3 Å². The number of nitrogens with two attached hydrogens (primary N) is 3. The molecule has 0 atom stereocenters. The summed E-state index contributed by atoms with van der Waals surface area (Å²) in [4.78, 5) is 68.9. The molecule has 0 aliphatic carbocycles. The molecule has 0 unspecified atom stereocenters. The van der Waals surface area contributed by atoms with Crippen LogP contribution in [0.4, 0.5) is 33.2 Å². The number of hydrogen-bond acceptors (Lipinski definition) is 11. The lowest BCUT2D eigenvalue weighted by Gasteiger charge is -2.13. The zero-order valence-corrected chi connectivity index (χ0v) is 22.9. The average molecular weight is 602 g/mol. The molecule has 5 aromatic rings. The maximum Gasteiger partial charge on any atom is 0.335 e. The number of imidazole rings is 1. The number of anilines is 5. The Balaban J connectivity index is 1.36. The van der Waals surface area contributed by atoms with Crippen LogP contribution in [0.1, 0.15) is 48.0 Å². The summed E-state index contributed by atoms with van der Waals surface area (Å²) >= 11 is 0. The molecule has 2 aromatic heterocycles. The van der Waals surface area contributed by atoms with E-state index in [9.17, 15) is 33.5 Å². The van der Waals surface area contributed by atoms with Crippen LogP contribution in [-0.2, 0) is 13.1 Å². The molecule has 0 spiro atoms. The lowest BCUT2D eigenvalue weighted by atomic mass is 10.1. The van der Waals surface area contributed by atoms with E-state index in [4.69, 9.17) is 17.2 Å². The molecule has 224 valence electrons. The second-order valence-corrected chi connectivity index (χ2v) is 9.75. The van der Waals surface area contributed by atoms with Gasteiger partial charge in [-0.2, -0.15) is 4.98 Å². The number of benzene rings is 2. The summed E-state index contributed by atoms with van der Waals surface area (Å²) in [5.41, 5.74) is 16.3. The number of nitrogens with zero attached hydrogens (tertiary/aromatic N) is 3. The minimum atomic E-state index is -1.07. The van der Waals surface area contributed by atoms with Crippen molar-refractivity contribution in [3.8, 4) is 0 Å². The number of fused-ring (bicyclic) bond motifs is 1. The first-order valence-corrected chi connectivity index (χ1v) is 12.8. The van der Waals surface area contributed by atoms with Gasteiger partial charge in [0.1, 0.15) is 28.6 Å². The van der Waals surface area contributed by atoms with Crippen molar-refractivity contribution in [2.45, 2.75) is 20.0 Å². The predicted octanol–water partition coefficient (Wildman–Crippen LogP) is 0.821. The van der Waals surface area contributed by atoms with E-state index in [1.54, 1.807) is 19.1 Å². The van der Waals surface area contributed by atoms with E-state index in [1.807, 2.05) is 0 Å². The van der Waals surface area contributed by atoms with E-state index in [1.165, 1.54) is 28.7 Å². The number of carboxylic acids is 1. The quantitative estimate of drug-likeness (QED) is 0.116. The predicted molar refractivity (Wildman–Crippen MR) is 158 cm³/mol. The minimum Gasteiger partial charge on any atom is -0.478 e. The molecule has 0 saturated heterocycles. The maximum absolute atomic E-state index is 14.4. The number of rotatable bonds is 9. The second kappa shape index (κ2) is 11.2. The van der Waals surface area contributed by atoms with Gasteiger partial charge in [0.2, 0.25) is 5.95 Å². The van der Waals surface area contributed by atoms with Gasteiger partial charge in [0, 0.05) is 13.1 Å². The van der Waals surface area contributed by atoms with Crippen molar-refractivity contribution < 1.29 is 23.9 Å². The van der Waals surface area contributed by atoms with E-state index >= 15 is 0 Å². The van der Waals surface area contributed by atoms with Gasteiger partial charge in [-0.15, -0.1) is 0 Å². The molecule has 0 fully saturated rings. The number of aryl methyl sites for hydroxylation is 1. The molecular weight excluding hydrogens is 577 g/mol. The molecule has 44 heavy (non-hydrogen) atoms. The van der Waals surface area contributed by atoms with Crippen molar-refractivity contribution >= 4 is 52.3 Å². The number of nitrogen functional groups attached to an aromatic ring is 3. The Kier molecular flexibility index (Phi) is 7.40. The van der Waals surface area contributed by atoms with Gasteiger partial charge >= 0.3 is 5.97 Å². The Morgan fingerprint density at radius 1 is 0.909 bits per heavy atom. The molecule has 0 aliphatic heterocycles. The third-order valence-corrected chi connectivity index (χ3v) is 6.78. The summed E-state index contributed by atoms with van der Waals surface area (Å²) in [5, 5.41) is 17.0. The first-order chi connectivity index (χ1) is 20.8. The Labute approximate surface area is 246 Å². The van der Waals surface area contributed by atoms with Crippen molar-refractivity contribution in [1.29, 1.82) is 0 Å². The van der Waals surface area contributed by atoms with Crippen LogP contribution in [0.3, 0.4) is 0 Å². The smallest absolute Gasteiger partial charge is 0.335 e. The highest BCUT2D eigenvalue weighted by Crippen LogP contribution is 2.23. The van der Waals surface area contributed by atoms with Gasteiger partial charge in [0.05, 0.1) is 11.3 Å². The number of aromatic carboxylic acids is 1. The van der Waals surface area contributed by atoms with Crippen LogP contribution >= 0.6 is 0 Å². The molecule has 16 heteroatoms. The number of hydrogen-bond donors (Lipinski definition) is 7. The number of halogens is 1. The fraction of sp³-hybridized carbons (Fsp3) is 0.107. The topological polar surface area (TPSA) is 250 Å². The Bertz CT molecular complexity index is 2080. The first kappa shape index (κ1) is 29.2. The standard InChI is InChI=1S/C28H24FN9O6/c1-11-6-12(2-4-14(11)27(43)44)9-33-25(41)17-8-18(38-24(36-17)23(31)37-28(38)32)26(42)34-10-13-3-5-15(29)16(7-13)35-20-19(30)21(39)22(20)40/h2-8,35H,9-10,30-31H2,1H3,(H2,32,37)(H,33,41)(H,34,42)(H,43,44). The zero-order valence-electron chi connectivity index (χ0n) is 22.9. The summed E-state index contributed by atoms with van der Waals surface area (Å²) in [6, 6.07) is 9.63. The Morgan fingerprint density at radius 2 is 1.57 bits per heavy atom. The Morgan fingerprint density at radius 3 is 2.23 bits per heavy atom. The largest absolute Gasteiger partial charge is 0.478 e. The molecule has 5 rings (SSSR count). The fourth-order valence-electron chi connectivity index (χ4n) is 4.48. The maximum atomic E-state index is 14.4. The molecular formula is C28H24FN9O6. The lowest BCUT2D eigenvalue weighted by Crippen LogP contribution is -2.36. The number of nitrogens with one attached hydrogen (secondary N) is 3. The normalized spacial score (nSPS) is 11.0. The van der Waals surface area contributed by atoms with Crippen LogP contribution in [0, 0.1) is 12.7 Å². The number of aromatic nitrogens is 3. The number of carbonyl (C=O) groups is 3. The number of carbonyl (C=O) groups excluding carboxylic acids is 2. The lowest BCUT2D eigenvalue weighted by molar-refractivity contribution is 0.0695. The molecule has 3 aromatic carbocycles. The van der Waals surface area contributed by atoms with Crippen LogP contribution in [0.15, 0.2) is 52.1 Å². The summed E-state index contributed by atoms with van der Waals surface area (Å²) in [5.74, 6) is -3.45. The highest BCUT2D eigenvalue weighted by molar-refractivity contribution is 5.99. The summed E-state index contributed by atoms with van der Waals surface area (Å²) in [6.07, 6.45) is 0. The zero-order chi connectivity index (χ0) is 31.9. The monoisotopic (exact) mass is 601 g/mol. The van der Waals surface area contributed by atoms with Gasteiger partial charge in [0.25, 0.3) is 22.7 Å². The molecule has 0 bridgehead atoms. The third kappa shape index (κ3) is 5.34. The minimum absolute atomic E-state index is 0.0358. The summed E-state index contributed by atoms with van der Waals surface area (Å²) in [7, 11) is 0. The van der Waals surface area contributed by atoms with Gasteiger partial charge in [-0.05, 0) is 47.9 Å².